The second-order valence-corrected chi connectivity index (χ2v) is 6.32. The smallest absolute Gasteiger partial charge is 0.258 e. The topological polar surface area (TPSA) is 82.2 Å². The standard InChI is InChI=1S/C15H28N4O2.ClH/c1-10(2)7-15(5,9-16)17-13(20)8-21-14-11(3)18-19(6)12(14)4;/h10H,7-9,16H2,1-6H3,(H,17,20);1H. The first-order valence-corrected chi connectivity index (χ1v) is 7.32. The van der Waals surface area contributed by atoms with Crippen molar-refractivity contribution in [3.05, 3.63) is 11.4 Å². The fourth-order valence-electron chi connectivity index (χ4n) is 2.56. The predicted molar refractivity (Wildman–Crippen MR) is 90.5 cm³/mol. The van der Waals surface area contributed by atoms with Crippen LogP contribution in [0.1, 0.15) is 38.6 Å². The highest BCUT2D eigenvalue weighted by molar-refractivity contribution is 5.85. The van der Waals surface area contributed by atoms with E-state index < -0.39 is 5.54 Å². The number of nitrogens with two attached hydrogens (primary N) is 1. The summed E-state index contributed by atoms with van der Waals surface area (Å²) in [7, 11) is 1.85. The molecule has 1 amide bonds. The normalized spacial score (nSPS) is 13.5. The maximum absolute atomic E-state index is 12.1. The summed E-state index contributed by atoms with van der Waals surface area (Å²) in [5.74, 6) is 0.972. The van der Waals surface area contributed by atoms with Crippen molar-refractivity contribution in [3.63, 3.8) is 0 Å². The van der Waals surface area contributed by atoms with Crippen LogP contribution in [0.2, 0.25) is 0 Å². The number of nitrogens with zero attached hydrogens (tertiary/aromatic N) is 2. The van der Waals surface area contributed by atoms with Crippen molar-refractivity contribution in [1.82, 2.24) is 15.1 Å². The van der Waals surface area contributed by atoms with Gasteiger partial charge in [0.05, 0.1) is 5.69 Å². The molecule has 0 spiro atoms. The van der Waals surface area contributed by atoms with Gasteiger partial charge in [-0.1, -0.05) is 13.8 Å². The molecule has 7 heteroatoms. The fourth-order valence-corrected chi connectivity index (χ4v) is 2.56. The molecule has 0 aliphatic heterocycles. The predicted octanol–water partition coefficient (Wildman–Crippen LogP) is 1.72. The van der Waals surface area contributed by atoms with Crippen molar-refractivity contribution >= 4 is 18.3 Å². The third-order valence-corrected chi connectivity index (χ3v) is 3.54. The second kappa shape index (κ2) is 8.39. The first kappa shape index (κ1) is 20.7. The third kappa shape index (κ3) is 5.50. The average Bonchev–Trinajstić information content (AvgIpc) is 2.60. The van der Waals surface area contributed by atoms with Crippen molar-refractivity contribution in [2.75, 3.05) is 13.2 Å². The molecule has 1 unspecified atom stereocenters. The summed E-state index contributed by atoms with van der Waals surface area (Å²) in [4.78, 5) is 12.1. The van der Waals surface area contributed by atoms with Gasteiger partial charge in [-0.2, -0.15) is 5.10 Å². The van der Waals surface area contributed by atoms with E-state index in [1.807, 2.05) is 27.8 Å². The van der Waals surface area contributed by atoms with Gasteiger partial charge in [0.1, 0.15) is 5.69 Å². The molecule has 0 bridgehead atoms. The molecule has 128 valence electrons. The number of carbonyl (C=O) groups excluding carboxylic acids is 1. The molecule has 1 heterocycles. The van der Waals surface area contributed by atoms with Crippen LogP contribution in [0, 0.1) is 19.8 Å². The minimum atomic E-state index is -0.395. The highest BCUT2D eigenvalue weighted by atomic mass is 35.5. The molecule has 0 saturated carbocycles. The molecule has 22 heavy (non-hydrogen) atoms. The van der Waals surface area contributed by atoms with E-state index in [-0.39, 0.29) is 24.9 Å². The van der Waals surface area contributed by atoms with E-state index in [9.17, 15) is 4.79 Å². The van der Waals surface area contributed by atoms with Gasteiger partial charge in [0.25, 0.3) is 5.91 Å². The molecular formula is C15H29ClN4O2. The van der Waals surface area contributed by atoms with E-state index in [1.165, 1.54) is 0 Å². The molecule has 1 aromatic heterocycles. The first-order valence-electron chi connectivity index (χ1n) is 7.32. The van der Waals surface area contributed by atoms with Crippen LogP contribution in [-0.4, -0.2) is 34.4 Å². The van der Waals surface area contributed by atoms with Gasteiger partial charge in [-0.15, -0.1) is 12.4 Å². The minimum Gasteiger partial charge on any atom is -0.480 e. The third-order valence-electron chi connectivity index (χ3n) is 3.54. The number of hydrogen-bond acceptors (Lipinski definition) is 4. The maximum Gasteiger partial charge on any atom is 0.258 e. The van der Waals surface area contributed by atoms with Crippen LogP contribution >= 0.6 is 12.4 Å². The number of halogens is 1. The van der Waals surface area contributed by atoms with Gasteiger partial charge in [0.2, 0.25) is 0 Å². The van der Waals surface area contributed by atoms with Crippen LogP contribution in [-0.2, 0) is 11.8 Å². The number of nitrogens with one attached hydrogen (secondary N) is 1. The molecule has 1 rings (SSSR count). The Bertz CT molecular complexity index is 502. The van der Waals surface area contributed by atoms with Crippen LogP contribution in [0.4, 0.5) is 0 Å². The SMILES string of the molecule is Cc1nn(C)c(C)c1OCC(=O)NC(C)(CN)CC(C)C.Cl. The summed E-state index contributed by atoms with van der Waals surface area (Å²) in [5, 5.41) is 7.23. The number of aromatic nitrogens is 2. The van der Waals surface area contributed by atoms with Gasteiger partial charge >= 0.3 is 0 Å². The molecular weight excluding hydrogens is 304 g/mol. The van der Waals surface area contributed by atoms with Crippen molar-refractivity contribution in [2.45, 2.75) is 46.6 Å². The number of rotatable bonds is 7. The van der Waals surface area contributed by atoms with Crippen LogP contribution in [0.5, 0.6) is 5.75 Å². The Kier molecular flexibility index (Phi) is 7.90. The Morgan fingerprint density at radius 1 is 1.45 bits per heavy atom. The maximum atomic E-state index is 12.1. The fraction of sp³-hybridized carbons (Fsp3) is 0.733. The van der Waals surface area contributed by atoms with Crippen LogP contribution in [0.15, 0.2) is 0 Å². The lowest BCUT2D eigenvalue weighted by atomic mass is 9.91. The van der Waals surface area contributed by atoms with Crippen molar-refractivity contribution in [1.29, 1.82) is 0 Å². The van der Waals surface area contributed by atoms with Crippen molar-refractivity contribution in [3.8, 4) is 5.75 Å². The molecule has 0 aromatic carbocycles. The van der Waals surface area contributed by atoms with E-state index in [4.69, 9.17) is 10.5 Å². The van der Waals surface area contributed by atoms with E-state index in [2.05, 4.69) is 24.3 Å². The monoisotopic (exact) mass is 332 g/mol. The Morgan fingerprint density at radius 3 is 2.45 bits per heavy atom. The summed E-state index contributed by atoms with van der Waals surface area (Å²) in [6.45, 7) is 10.3. The number of aryl methyl sites for hydroxylation is 2. The highest BCUT2D eigenvalue weighted by Crippen LogP contribution is 2.21. The van der Waals surface area contributed by atoms with E-state index >= 15 is 0 Å². The van der Waals surface area contributed by atoms with E-state index in [0.29, 0.717) is 18.2 Å². The summed E-state index contributed by atoms with van der Waals surface area (Å²) in [5.41, 5.74) is 7.09. The zero-order valence-corrected chi connectivity index (χ0v) is 15.2. The minimum absolute atomic E-state index is 0. The lowest BCUT2D eigenvalue weighted by molar-refractivity contribution is -0.125. The summed E-state index contributed by atoms with van der Waals surface area (Å²) < 4.78 is 7.35. The largest absolute Gasteiger partial charge is 0.480 e. The van der Waals surface area contributed by atoms with Gasteiger partial charge in [-0.25, -0.2) is 0 Å². The molecule has 1 aromatic rings. The number of hydrogen-bond donors (Lipinski definition) is 2. The molecule has 0 saturated heterocycles. The van der Waals surface area contributed by atoms with Crippen LogP contribution < -0.4 is 15.8 Å². The first-order chi connectivity index (χ1) is 9.68. The van der Waals surface area contributed by atoms with E-state index in [1.54, 1.807) is 4.68 Å². The lowest BCUT2D eigenvalue weighted by Crippen LogP contribution is -2.53. The lowest BCUT2D eigenvalue weighted by Gasteiger charge is -2.31. The second-order valence-electron chi connectivity index (χ2n) is 6.32. The molecule has 0 fully saturated rings. The van der Waals surface area contributed by atoms with Gasteiger partial charge in [-0.05, 0) is 33.1 Å². The Labute approximate surface area is 139 Å². The number of amides is 1. The molecule has 3 N–H and O–H groups in total. The zero-order chi connectivity index (χ0) is 16.2. The number of ether oxygens (including phenoxy) is 1. The van der Waals surface area contributed by atoms with Crippen molar-refractivity contribution < 1.29 is 9.53 Å². The molecule has 0 radical (unpaired) electrons. The zero-order valence-electron chi connectivity index (χ0n) is 14.4. The average molecular weight is 333 g/mol. The molecule has 0 aliphatic rings. The Hall–Kier alpha value is -1.27. The number of carbonyl (C=O) groups is 1. The Morgan fingerprint density at radius 2 is 2.05 bits per heavy atom. The van der Waals surface area contributed by atoms with Crippen molar-refractivity contribution in [2.24, 2.45) is 18.7 Å². The van der Waals surface area contributed by atoms with Crippen LogP contribution in [0.25, 0.3) is 0 Å². The van der Waals surface area contributed by atoms with Gasteiger partial charge < -0.3 is 15.8 Å². The molecule has 1 atom stereocenters. The van der Waals surface area contributed by atoms with Gasteiger partial charge in [-0.3, -0.25) is 9.48 Å². The quantitative estimate of drug-likeness (QED) is 0.796. The Balaban J connectivity index is 0.00000441. The van der Waals surface area contributed by atoms with Gasteiger partial charge in [0, 0.05) is 19.1 Å². The molecule has 6 nitrogen and oxygen atoms in total. The summed E-state index contributed by atoms with van der Waals surface area (Å²) >= 11 is 0. The van der Waals surface area contributed by atoms with E-state index in [0.717, 1.165) is 17.8 Å². The highest BCUT2D eigenvalue weighted by Gasteiger charge is 2.26. The molecule has 0 aliphatic carbocycles. The van der Waals surface area contributed by atoms with Gasteiger partial charge in [0.15, 0.2) is 12.4 Å². The summed E-state index contributed by atoms with van der Waals surface area (Å²) in [6, 6.07) is 0. The van der Waals surface area contributed by atoms with Crippen LogP contribution in [0.3, 0.4) is 0 Å². The summed E-state index contributed by atoms with van der Waals surface area (Å²) in [6.07, 6.45) is 0.834.